The number of benzene rings is 3. The van der Waals surface area contributed by atoms with Crippen molar-refractivity contribution in [3.05, 3.63) is 94.0 Å². The van der Waals surface area contributed by atoms with E-state index in [2.05, 4.69) is 4.99 Å². The molecule has 0 spiro atoms. The first-order valence-corrected chi connectivity index (χ1v) is 8.87. The molecule has 0 fully saturated rings. The first kappa shape index (κ1) is 19.1. The van der Waals surface area contributed by atoms with Crippen molar-refractivity contribution in [2.24, 2.45) is 4.99 Å². The van der Waals surface area contributed by atoms with Crippen LogP contribution in [0.2, 0.25) is 0 Å². The summed E-state index contributed by atoms with van der Waals surface area (Å²) in [7, 11) is 0. The van der Waals surface area contributed by atoms with E-state index in [-0.39, 0.29) is 5.69 Å². The lowest BCUT2D eigenvalue weighted by Crippen LogP contribution is -1.96. The third-order valence-electron chi connectivity index (χ3n) is 3.92. The molecule has 0 aliphatic heterocycles. The maximum Gasteiger partial charge on any atom is 0.269 e. The molecule has 0 bridgehead atoms. The largest absolute Gasteiger partial charge is 0.494 e. The summed E-state index contributed by atoms with van der Waals surface area (Å²) in [4.78, 5) is 14.7. The van der Waals surface area contributed by atoms with E-state index < -0.39 is 4.92 Å². The van der Waals surface area contributed by atoms with Gasteiger partial charge in [-0.2, -0.15) is 0 Å². The fraction of sp³-hybridized carbons (Fsp3) is 0.136. The van der Waals surface area contributed by atoms with Crippen molar-refractivity contribution in [1.82, 2.24) is 0 Å². The van der Waals surface area contributed by atoms with Gasteiger partial charge in [0, 0.05) is 18.3 Å². The minimum absolute atomic E-state index is 0.0660. The Balaban J connectivity index is 1.60. The zero-order valence-electron chi connectivity index (χ0n) is 15.4. The van der Waals surface area contributed by atoms with Gasteiger partial charge >= 0.3 is 0 Å². The van der Waals surface area contributed by atoms with Crippen LogP contribution in [0.25, 0.3) is 0 Å². The van der Waals surface area contributed by atoms with Gasteiger partial charge in [0.05, 0.1) is 17.2 Å². The quantitative estimate of drug-likeness (QED) is 0.303. The van der Waals surface area contributed by atoms with Crippen LogP contribution < -0.4 is 9.47 Å². The second-order valence-electron chi connectivity index (χ2n) is 5.97. The third kappa shape index (κ3) is 5.41. The highest BCUT2D eigenvalue weighted by Gasteiger charge is 2.04. The van der Waals surface area contributed by atoms with Gasteiger partial charge in [-0.1, -0.05) is 12.1 Å². The minimum Gasteiger partial charge on any atom is -0.494 e. The van der Waals surface area contributed by atoms with Crippen LogP contribution in [0.1, 0.15) is 18.1 Å². The molecule has 0 aliphatic carbocycles. The number of hydrogen-bond donors (Lipinski definition) is 0. The van der Waals surface area contributed by atoms with Crippen LogP contribution >= 0.6 is 0 Å². The number of hydrogen-bond acceptors (Lipinski definition) is 5. The molecule has 0 saturated heterocycles. The molecule has 0 amide bonds. The molecule has 0 heterocycles. The smallest absolute Gasteiger partial charge is 0.269 e. The molecule has 0 unspecified atom stereocenters. The predicted molar refractivity (Wildman–Crippen MR) is 109 cm³/mol. The lowest BCUT2D eigenvalue weighted by molar-refractivity contribution is -0.384. The molecule has 6 nitrogen and oxygen atoms in total. The van der Waals surface area contributed by atoms with Crippen LogP contribution in [0.5, 0.6) is 11.5 Å². The zero-order chi connectivity index (χ0) is 19.8. The molecule has 0 saturated carbocycles. The van der Waals surface area contributed by atoms with Crippen molar-refractivity contribution in [2.45, 2.75) is 13.5 Å². The maximum absolute atomic E-state index is 10.7. The first-order chi connectivity index (χ1) is 13.6. The standard InChI is InChI=1S/C22H20N2O4/c1-2-27-21-12-8-19(9-13-21)23-15-18-4-3-5-22(14-18)28-16-17-6-10-20(11-7-17)24(25)26/h3-15H,2,16H2,1H3. The van der Waals surface area contributed by atoms with E-state index in [1.165, 1.54) is 12.1 Å². The first-order valence-electron chi connectivity index (χ1n) is 8.87. The van der Waals surface area contributed by atoms with Crippen molar-refractivity contribution in [3.8, 4) is 11.5 Å². The lowest BCUT2D eigenvalue weighted by atomic mass is 10.2. The molecule has 0 aromatic heterocycles. The molecule has 6 heteroatoms. The molecule has 0 atom stereocenters. The van der Waals surface area contributed by atoms with Crippen molar-refractivity contribution < 1.29 is 14.4 Å². The van der Waals surface area contributed by atoms with E-state index in [9.17, 15) is 10.1 Å². The van der Waals surface area contributed by atoms with E-state index in [1.807, 2.05) is 55.5 Å². The molecule has 142 valence electrons. The lowest BCUT2D eigenvalue weighted by Gasteiger charge is -2.07. The normalized spacial score (nSPS) is 10.8. The van der Waals surface area contributed by atoms with Crippen LogP contribution in [0, 0.1) is 10.1 Å². The average molecular weight is 376 g/mol. The molecule has 3 rings (SSSR count). The number of aliphatic imine (C=N–C) groups is 1. The molecular weight excluding hydrogens is 356 g/mol. The molecule has 3 aromatic rings. The summed E-state index contributed by atoms with van der Waals surface area (Å²) in [6.45, 7) is 2.91. The van der Waals surface area contributed by atoms with Gasteiger partial charge in [-0.05, 0) is 66.6 Å². The summed E-state index contributed by atoms with van der Waals surface area (Å²) < 4.78 is 11.2. The third-order valence-corrected chi connectivity index (χ3v) is 3.92. The summed E-state index contributed by atoms with van der Waals surface area (Å²) in [6.07, 6.45) is 1.77. The average Bonchev–Trinajstić information content (AvgIpc) is 2.72. The highest BCUT2D eigenvalue weighted by atomic mass is 16.6. The van der Waals surface area contributed by atoms with Gasteiger partial charge in [-0.3, -0.25) is 15.1 Å². The number of non-ortho nitro benzene ring substituents is 1. The summed E-state index contributed by atoms with van der Waals surface area (Å²) in [5.41, 5.74) is 2.67. The SMILES string of the molecule is CCOc1ccc(N=Cc2cccc(OCc3ccc([N+](=O)[O-])cc3)c2)cc1. The molecular formula is C22H20N2O4. The molecule has 0 radical (unpaired) electrons. The van der Waals surface area contributed by atoms with Gasteiger partial charge in [0.15, 0.2) is 0 Å². The van der Waals surface area contributed by atoms with Crippen LogP contribution in [0.4, 0.5) is 11.4 Å². The predicted octanol–water partition coefficient (Wildman–Crippen LogP) is 5.32. The van der Waals surface area contributed by atoms with Gasteiger partial charge in [0.1, 0.15) is 18.1 Å². The Kier molecular flexibility index (Phi) is 6.36. The maximum atomic E-state index is 10.7. The summed E-state index contributed by atoms with van der Waals surface area (Å²) in [5.74, 6) is 1.53. The molecule has 28 heavy (non-hydrogen) atoms. The van der Waals surface area contributed by atoms with Gasteiger partial charge in [-0.25, -0.2) is 0 Å². The summed E-state index contributed by atoms with van der Waals surface area (Å²) in [5, 5.41) is 10.7. The molecule has 3 aromatic carbocycles. The topological polar surface area (TPSA) is 74.0 Å². The fourth-order valence-corrected chi connectivity index (χ4v) is 2.51. The van der Waals surface area contributed by atoms with Crippen LogP contribution in [0.3, 0.4) is 0 Å². The van der Waals surface area contributed by atoms with Crippen molar-refractivity contribution in [2.75, 3.05) is 6.61 Å². The van der Waals surface area contributed by atoms with Crippen molar-refractivity contribution >= 4 is 17.6 Å². The van der Waals surface area contributed by atoms with E-state index in [1.54, 1.807) is 18.3 Å². The fourth-order valence-electron chi connectivity index (χ4n) is 2.51. The van der Waals surface area contributed by atoms with E-state index in [0.717, 1.165) is 22.6 Å². The number of nitrogens with zero attached hydrogens (tertiary/aromatic N) is 2. The number of ether oxygens (including phenoxy) is 2. The Morgan fingerprint density at radius 3 is 2.39 bits per heavy atom. The number of nitro groups is 1. The summed E-state index contributed by atoms with van der Waals surface area (Å²) in [6, 6.07) is 21.5. The van der Waals surface area contributed by atoms with E-state index in [4.69, 9.17) is 9.47 Å². The van der Waals surface area contributed by atoms with E-state index in [0.29, 0.717) is 19.0 Å². The Morgan fingerprint density at radius 1 is 0.964 bits per heavy atom. The Morgan fingerprint density at radius 2 is 1.71 bits per heavy atom. The Labute approximate surface area is 163 Å². The second kappa shape index (κ2) is 9.32. The van der Waals surface area contributed by atoms with Gasteiger partial charge in [-0.15, -0.1) is 0 Å². The van der Waals surface area contributed by atoms with Crippen LogP contribution in [-0.4, -0.2) is 17.7 Å². The Bertz CT molecular complexity index is 951. The van der Waals surface area contributed by atoms with Gasteiger partial charge in [0.25, 0.3) is 5.69 Å². The Hall–Kier alpha value is -3.67. The van der Waals surface area contributed by atoms with E-state index >= 15 is 0 Å². The van der Waals surface area contributed by atoms with Crippen LogP contribution in [-0.2, 0) is 6.61 Å². The minimum atomic E-state index is -0.419. The highest BCUT2D eigenvalue weighted by Crippen LogP contribution is 2.19. The number of nitro benzene ring substituents is 1. The van der Waals surface area contributed by atoms with Gasteiger partial charge < -0.3 is 9.47 Å². The van der Waals surface area contributed by atoms with Crippen molar-refractivity contribution in [3.63, 3.8) is 0 Å². The second-order valence-corrected chi connectivity index (χ2v) is 5.97. The summed E-state index contributed by atoms with van der Waals surface area (Å²) >= 11 is 0. The molecule has 0 aliphatic rings. The zero-order valence-corrected chi connectivity index (χ0v) is 15.4. The van der Waals surface area contributed by atoms with Crippen molar-refractivity contribution in [1.29, 1.82) is 0 Å². The van der Waals surface area contributed by atoms with Crippen LogP contribution in [0.15, 0.2) is 77.8 Å². The number of rotatable bonds is 8. The molecule has 0 N–H and O–H groups in total. The monoisotopic (exact) mass is 376 g/mol. The van der Waals surface area contributed by atoms with Gasteiger partial charge in [0.2, 0.25) is 0 Å². The highest BCUT2D eigenvalue weighted by molar-refractivity contribution is 5.82.